The lowest BCUT2D eigenvalue weighted by Crippen LogP contribution is -2.37. The lowest BCUT2D eigenvalue weighted by atomic mass is 10.1. The van der Waals surface area contributed by atoms with Crippen LogP contribution in [0.4, 0.5) is 5.69 Å². The summed E-state index contributed by atoms with van der Waals surface area (Å²) in [6, 6.07) is 3.71. The van der Waals surface area contributed by atoms with E-state index in [4.69, 9.17) is 9.84 Å². The zero-order chi connectivity index (χ0) is 14.7. The molecule has 1 atom stereocenters. The van der Waals surface area contributed by atoms with Crippen LogP contribution in [0.3, 0.4) is 0 Å². The second-order valence-corrected chi connectivity index (χ2v) is 4.36. The molecule has 0 aliphatic carbocycles. The standard InChI is InChI=1S/C13H14N2O5/c1-20-7-2-3-9(8(6-7)13(18)19)15-12(17)10-4-5-11(16)14-10/h2-3,6,10H,4-5H2,1H3,(H,14,16)(H,15,17)(H,18,19)/t10-/m0/s1. The van der Waals surface area contributed by atoms with Crippen LogP contribution in [0, 0.1) is 0 Å². The molecule has 1 aromatic rings. The summed E-state index contributed by atoms with van der Waals surface area (Å²) < 4.78 is 4.95. The fourth-order valence-corrected chi connectivity index (χ4v) is 1.97. The van der Waals surface area contributed by atoms with E-state index in [1.54, 1.807) is 6.07 Å². The van der Waals surface area contributed by atoms with Gasteiger partial charge in [-0.25, -0.2) is 4.79 Å². The fourth-order valence-electron chi connectivity index (χ4n) is 1.97. The van der Waals surface area contributed by atoms with E-state index in [-0.39, 0.29) is 17.2 Å². The van der Waals surface area contributed by atoms with Crippen molar-refractivity contribution in [2.45, 2.75) is 18.9 Å². The van der Waals surface area contributed by atoms with E-state index < -0.39 is 17.9 Å². The number of carboxylic acid groups (broad SMARTS) is 1. The van der Waals surface area contributed by atoms with Gasteiger partial charge < -0.3 is 20.5 Å². The van der Waals surface area contributed by atoms with Crippen LogP contribution in [0.15, 0.2) is 18.2 Å². The number of methoxy groups -OCH3 is 1. The van der Waals surface area contributed by atoms with Gasteiger partial charge >= 0.3 is 5.97 Å². The molecule has 1 heterocycles. The first-order valence-electron chi connectivity index (χ1n) is 6.03. The predicted octanol–water partition coefficient (Wildman–Crippen LogP) is 0.610. The third kappa shape index (κ3) is 2.87. The number of amides is 2. The molecule has 0 unspecified atom stereocenters. The van der Waals surface area contributed by atoms with Gasteiger partial charge in [0.15, 0.2) is 0 Å². The number of ether oxygens (including phenoxy) is 1. The molecule has 1 aliphatic heterocycles. The minimum atomic E-state index is -1.17. The van der Waals surface area contributed by atoms with Crippen LogP contribution >= 0.6 is 0 Å². The maximum atomic E-state index is 11.9. The second kappa shape index (κ2) is 5.60. The number of anilines is 1. The van der Waals surface area contributed by atoms with Gasteiger partial charge in [0.25, 0.3) is 0 Å². The van der Waals surface area contributed by atoms with Crippen molar-refractivity contribution in [3.05, 3.63) is 23.8 Å². The monoisotopic (exact) mass is 278 g/mol. The summed E-state index contributed by atoms with van der Waals surface area (Å²) in [4.78, 5) is 34.2. The average molecular weight is 278 g/mol. The van der Waals surface area contributed by atoms with Crippen LogP contribution < -0.4 is 15.4 Å². The van der Waals surface area contributed by atoms with Gasteiger partial charge in [-0.1, -0.05) is 0 Å². The number of carbonyl (C=O) groups excluding carboxylic acids is 2. The smallest absolute Gasteiger partial charge is 0.337 e. The molecule has 20 heavy (non-hydrogen) atoms. The van der Waals surface area contributed by atoms with Crippen molar-refractivity contribution in [1.29, 1.82) is 0 Å². The van der Waals surface area contributed by atoms with Gasteiger partial charge in [-0.15, -0.1) is 0 Å². The van der Waals surface area contributed by atoms with Gasteiger partial charge in [0.2, 0.25) is 11.8 Å². The van der Waals surface area contributed by atoms with Gasteiger partial charge in [-0.05, 0) is 24.6 Å². The molecule has 0 spiro atoms. The van der Waals surface area contributed by atoms with Crippen LogP contribution in [0.5, 0.6) is 5.75 Å². The van der Waals surface area contributed by atoms with Crippen molar-refractivity contribution >= 4 is 23.5 Å². The summed E-state index contributed by atoms with van der Waals surface area (Å²) >= 11 is 0. The topological polar surface area (TPSA) is 105 Å². The first kappa shape index (κ1) is 13.9. The minimum Gasteiger partial charge on any atom is -0.497 e. The van der Waals surface area contributed by atoms with E-state index >= 15 is 0 Å². The minimum absolute atomic E-state index is 0.0676. The highest BCUT2D eigenvalue weighted by atomic mass is 16.5. The summed E-state index contributed by atoms with van der Waals surface area (Å²) in [6.07, 6.45) is 0.704. The van der Waals surface area contributed by atoms with Crippen molar-refractivity contribution in [3.8, 4) is 5.75 Å². The number of benzene rings is 1. The number of carboxylic acids is 1. The number of nitrogens with one attached hydrogen (secondary N) is 2. The molecule has 0 radical (unpaired) electrons. The van der Waals surface area contributed by atoms with Crippen LogP contribution in [0.2, 0.25) is 0 Å². The molecule has 106 valence electrons. The van der Waals surface area contributed by atoms with Crippen LogP contribution in [0.1, 0.15) is 23.2 Å². The van der Waals surface area contributed by atoms with Crippen LogP contribution in [0.25, 0.3) is 0 Å². The largest absolute Gasteiger partial charge is 0.497 e. The molecule has 7 heteroatoms. The Bertz CT molecular complexity index is 570. The summed E-state index contributed by atoms with van der Waals surface area (Å²) in [6.45, 7) is 0. The van der Waals surface area contributed by atoms with E-state index in [0.717, 1.165) is 0 Å². The normalized spacial score (nSPS) is 17.4. The second-order valence-electron chi connectivity index (χ2n) is 4.36. The Labute approximate surface area is 114 Å². The SMILES string of the molecule is COc1ccc(NC(=O)[C@@H]2CCC(=O)N2)c(C(=O)O)c1. The first-order valence-corrected chi connectivity index (χ1v) is 6.03. The maximum Gasteiger partial charge on any atom is 0.337 e. The average Bonchev–Trinajstić information content (AvgIpc) is 2.85. The zero-order valence-electron chi connectivity index (χ0n) is 10.8. The number of carbonyl (C=O) groups is 3. The van der Waals surface area contributed by atoms with E-state index in [2.05, 4.69) is 10.6 Å². The van der Waals surface area contributed by atoms with E-state index in [1.807, 2.05) is 0 Å². The van der Waals surface area contributed by atoms with Crippen molar-refractivity contribution in [3.63, 3.8) is 0 Å². The van der Waals surface area contributed by atoms with E-state index in [1.165, 1.54) is 19.2 Å². The molecule has 0 bridgehead atoms. The molecule has 1 aliphatic rings. The lowest BCUT2D eigenvalue weighted by Gasteiger charge is -2.13. The van der Waals surface area contributed by atoms with Gasteiger partial charge in [0, 0.05) is 6.42 Å². The number of rotatable bonds is 4. The molecule has 1 fully saturated rings. The highest BCUT2D eigenvalue weighted by Gasteiger charge is 2.28. The summed E-state index contributed by atoms with van der Waals surface area (Å²) in [5.41, 5.74) is 0.103. The molecular weight excluding hydrogens is 264 g/mol. The first-order chi connectivity index (χ1) is 9.51. The third-order valence-electron chi connectivity index (χ3n) is 3.03. The quantitative estimate of drug-likeness (QED) is 0.748. The molecule has 1 aromatic carbocycles. The van der Waals surface area contributed by atoms with Gasteiger partial charge in [-0.2, -0.15) is 0 Å². The maximum absolute atomic E-state index is 11.9. The number of hydrogen-bond acceptors (Lipinski definition) is 4. The highest BCUT2D eigenvalue weighted by Crippen LogP contribution is 2.22. The van der Waals surface area contributed by atoms with Crippen LogP contribution in [-0.2, 0) is 9.59 Å². The molecule has 0 saturated carbocycles. The Kier molecular flexibility index (Phi) is 3.88. The van der Waals surface area contributed by atoms with Crippen LogP contribution in [-0.4, -0.2) is 36.0 Å². The lowest BCUT2D eigenvalue weighted by molar-refractivity contribution is -0.122. The highest BCUT2D eigenvalue weighted by molar-refractivity contribution is 6.04. The van der Waals surface area contributed by atoms with Gasteiger partial charge in [0.05, 0.1) is 18.4 Å². The zero-order valence-corrected chi connectivity index (χ0v) is 10.8. The van der Waals surface area contributed by atoms with Crippen molar-refractivity contribution in [2.75, 3.05) is 12.4 Å². The Morgan fingerprint density at radius 2 is 2.20 bits per heavy atom. The van der Waals surface area contributed by atoms with Gasteiger partial charge in [0.1, 0.15) is 11.8 Å². The van der Waals surface area contributed by atoms with Crippen molar-refractivity contribution in [2.24, 2.45) is 0 Å². The predicted molar refractivity (Wildman–Crippen MR) is 69.7 cm³/mol. The molecule has 7 nitrogen and oxygen atoms in total. The molecular formula is C13H14N2O5. The molecule has 1 saturated heterocycles. The van der Waals surface area contributed by atoms with Gasteiger partial charge in [-0.3, -0.25) is 9.59 Å². The molecule has 2 rings (SSSR count). The van der Waals surface area contributed by atoms with Crippen molar-refractivity contribution in [1.82, 2.24) is 5.32 Å². The Balaban J connectivity index is 2.18. The number of aromatic carboxylic acids is 1. The Morgan fingerprint density at radius 3 is 2.75 bits per heavy atom. The third-order valence-corrected chi connectivity index (χ3v) is 3.03. The fraction of sp³-hybridized carbons (Fsp3) is 0.308. The Morgan fingerprint density at radius 1 is 1.45 bits per heavy atom. The van der Waals surface area contributed by atoms with Crippen molar-refractivity contribution < 1.29 is 24.2 Å². The summed E-state index contributed by atoms with van der Waals surface area (Å²) in [7, 11) is 1.42. The molecule has 0 aromatic heterocycles. The number of hydrogen-bond donors (Lipinski definition) is 3. The molecule has 3 N–H and O–H groups in total. The Hall–Kier alpha value is -2.57. The molecule has 2 amide bonds. The summed E-state index contributed by atoms with van der Waals surface area (Å²) in [5, 5.41) is 14.2. The van der Waals surface area contributed by atoms with E-state index in [9.17, 15) is 14.4 Å². The van der Waals surface area contributed by atoms with E-state index in [0.29, 0.717) is 18.6 Å². The summed E-state index contributed by atoms with van der Waals surface area (Å²) in [5.74, 6) is -1.40.